The van der Waals surface area contributed by atoms with Gasteiger partial charge in [-0.05, 0) is 73.0 Å². The van der Waals surface area contributed by atoms with Gasteiger partial charge in [0.2, 0.25) is 10.0 Å². The van der Waals surface area contributed by atoms with Crippen molar-refractivity contribution >= 4 is 68.9 Å². The normalized spacial score (nSPS) is 14.1. The van der Waals surface area contributed by atoms with E-state index in [4.69, 9.17) is 26.0 Å². The number of piperidine rings is 1. The molecule has 0 bridgehead atoms. The highest BCUT2D eigenvalue weighted by Crippen LogP contribution is 2.30. The number of nitrogens with one attached hydrogen (secondary N) is 2. The molecule has 13 heteroatoms. The molecular formula is C32H43Cl2N5O5S. The molecule has 0 saturated carbocycles. The topological polar surface area (TPSA) is 150 Å². The summed E-state index contributed by atoms with van der Waals surface area (Å²) in [6, 6.07) is 18.0. The molecule has 1 saturated heterocycles. The highest BCUT2D eigenvalue weighted by molar-refractivity contribution is 7.94. The Balaban J connectivity index is 0.00000353. The summed E-state index contributed by atoms with van der Waals surface area (Å²) >= 11 is 0. The van der Waals surface area contributed by atoms with E-state index in [9.17, 15) is 13.2 Å². The third-order valence-corrected chi connectivity index (χ3v) is 9.75. The van der Waals surface area contributed by atoms with E-state index in [0.29, 0.717) is 34.8 Å². The van der Waals surface area contributed by atoms with Crippen molar-refractivity contribution in [3.63, 3.8) is 0 Å². The van der Waals surface area contributed by atoms with Crippen LogP contribution in [0.25, 0.3) is 10.8 Å². The third-order valence-electron chi connectivity index (χ3n) is 7.65. The zero-order chi connectivity index (χ0) is 31.1. The van der Waals surface area contributed by atoms with E-state index in [-0.39, 0.29) is 56.3 Å². The number of nitrogens with zero attached hydrogens (tertiary/aromatic N) is 2. The van der Waals surface area contributed by atoms with Crippen molar-refractivity contribution in [3.05, 3.63) is 71.8 Å². The van der Waals surface area contributed by atoms with Gasteiger partial charge >= 0.3 is 5.97 Å². The van der Waals surface area contributed by atoms with Crippen molar-refractivity contribution in [3.8, 4) is 5.75 Å². The second-order valence-corrected chi connectivity index (χ2v) is 12.8. The van der Waals surface area contributed by atoms with Crippen molar-refractivity contribution in [1.29, 1.82) is 10.8 Å². The van der Waals surface area contributed by atoms with Gasteiger partial charge in [-0.3, -0.25) is 19.9 Å². The zero-order valence-electron chi connectivity index (χ0n) is 25.8. The number of sulfonamides is 1. The van der Waals surface area contributed by atoms with Gasteiger partial charge in [0.15, 0.2) is 5.25 Å². The van der Waals surface area contributed by atoms with E-state index in [2.05, 4.69) is 0 Å². The van der Waals surface area contributed by atoms with Crippen LogP contribution in [0.3, 0.4) is 0 Å². The Kier molecular flexibility index (Phi) is 14.0. The number of nitrogens with two attached hydrogens (primary N) is 1. The van der Waals surface area contributed by atoms with Crippen molar-refractivity contribution in [1.82, 2.24) is 4.90 Å². The van der Waals surface area contributed by atoms with Crippen molar-refractivity contribution in [2.24, 2.45) is 5.73 Å². The summed E-state index contributed by atoms with van der Waals surface area (Å²) in [6.45, 7) is 6.87. The molecule has 1 unspecified atom stereocenters. The maximum absolute atomic E-state index is 14.2. The second kappa shape index (κ2) is 16.7. The first-order valence-corrected chi connectivity index (χ1v) is 16.2. The summed E-state index contributed by atoms with van der Waals surface area (Å²) in [4.78, 5) is 14.9. The van der Waals surface area contributed by atoms with Gasteiger partial charge in [0.25, 0.3) is 0 Å². The maximum atomic E-state index is 14.2. The van der Waals surface area contributed by atoms with Crippen LogP contribution in [0.4, 0.5) is 5.69 Å². The molecule has 1 aliphatic rings. The number of amidine groups is 2. The van der Waals surface area contributed by atoms with Crippen LogP contribution in [0.5, 0.6) is 5.75 Å². The Morgan fingerprint density at radius 2 is 1.64 bits per heavy atom. The molecule has 1 aliphatic heterocycles. The number of hydrogen-bond acceptors (Lipinski definition) is 7. The molecule has 1 atom stereocenters. The quantitative estimate of drug-likeness (QED) is 0.123. The van der Waals surface area contributed by atoms with E-state index in [1.54, 1.807) is 50.2 Å². The molecule has 0 aliphatic carbocycles. The van der Waals surface area contributed by atoms with Crippen molar-refractivity contribution in [2.75, 3.05) is 24.0 Å². The van der Waals surface area contributed by atoms with Crippen LogP contribution in [-0.4, -0.2) is 62.0 Å². The maximum Gasteiger partial charge on any atom is 0.326 e. The van der Waals surface area contributed by atoms with Gasteiger partial charge in [-0.2, -0.15) is 0 Å². The number of fused-ring (bicyclic) bond motifs is 1. The fourth-order valence-electron chi connectivity index (χ4n) is 5.29. The predicted octanol–water partition coefficient (Wildman–Crippen LogP) is 5.88. The SMILES string of the molecule is CCCC(C(=O)OCC)S(=O)(=O)N(Cc1ccc2ccc(C(=N)N)cc2c1)c1ccc(OC2CCN(C(C)=N)CC2)cc1.Cl.Cl. The number of hydrogen-bond donors (Lipinski definition) is 3. The first kappa shape index (κ1) is 37.6. The monoisotopic (exact) mass is 679 g/mol. The number of esters is 1. The highest BCUT2D eigenvalue weighted by atomic mass is 35.5. The molecule has 0 amide bonds. The Hall–Kier alpha value is -3.54. The Labute approximate surface area is 278 Å². The molecule has 0 radical (unpaired) electrons. The van der Waals surface area contributed by atoms with Gasteiger partial charge in [0.05, 0.1) is 24.7 Å². The summed E-state index contributed by atoms with van der Waals surface area (Å²) in [6.07, 6.45) is 2.22. The minimum Gasteiger partial charge on any atom is -0.490 e. The summed E-state index contributed by atoms with van der Waals surface area (Å²) in [7, 11) is -4.19. The van der Waals surface area contributed by atoms with Gasteiger partial charge < -0.3 is 20.1 Å². The third kappa shape index (κ3) is 9.24. The van der Waals surface area contributed by atoms with Crippen molar-refractivity contribution in [2.45, 2.75) is 64.4 Å². The fraction of sp³-hybridized carbons (Fsp3) is 0.406. The van der Waals surface area contributed by atoms with E-state index in [1.807, 2.05) is 36.1 Å². The van der Waals surface area contributed by atoms with Crippen LogP contribution in [0, 0.1) is 10.8 Å². The molecule has 45 heavy (non-hydrogen) atoms. The lowest BCUT2D eigenvalue weighted by molar-refractivity contribution is -0.142. The average molecular weight is 681 g/mol. The molecular weight excluding hydrogens is 637 g/mol. The number of rotatable bonds is 12. The van der Waals surface area contributed by atoms with Crippen LogP contribution in [-0.2, 0) is 26.1 Å². The first-order chi connectivity index (χ1) is 20.5. The predicted molar refractivity (Wildman–Crippen MR) is 185 cm³/mol. The van der Waals surface area contributed by atoms with E-state index in [1.165, 1.54) is 4.31 Å². The van der Waals surface area contributed by atoms with Gasteiger partial charge in [-0.25, -0.2) is 8.42 Å². The number of benzene rings is 3. The van der Waals surface area contributed by atoms with Crippen molar-refractivity contribution < 1.29 is 22.7 Å². The molecule has 0 aromatic heterocycles. The zero-order valence-corrected chi connectivity index (χ0v) is 28.3. The van der Waals surface area contributed by atoms with Crippen LogP contribution in [0.1, 0.15) is 57.6 Å². The number of ether oxygens (including phenoxy) is 2. The number of carbonyl (C=O) groups is 1. The Morgan fingerprint density at radius 3 is 2.22 bits per heavy atom. The molecule has 3 aromatic rings. The minimum absolute atomic E-state index is 0. The number of halogens is 2. The van der Waals surface area contributed by atoms with E-state index < -0.39 is 21.2 Å². The van der Waals surface area contributed by atoms with Crippen LogP contribution >= 0.6 is 24.8 Å². The van der Waals surface area contributed by atoms with Gasteiger partial charge in [-0.1, -0.05) is 37.6 Å². The molecule has 246 valence electrons. The van der Waals surface area contributed by atoms with Gasteiger partial charge in [-0.15, -0.1) is 24.8 Å². The molecule has 3 aromatic carbocycles. The number of nitrogen functional groups attached to an aromatic ring is 1. The minimum atomic E-state index is -4.19. The highest BCUT2D eigenvalue weighted by Gasteiger charge is 2.38. The average Bonchev–Trinajstić information content (AvgIpc) is 2.99. The molecule has 1 heterocycles. The lowest BCUT2D eigenvalue weighted by Gasteiger charge is -2.33. The molecule has 4 N–H and O–H groups in total. The van der Waals surface area contributed by atoms with E-state index >= 15 is 0 Å². The first-order valence-electron chi connectivity index (χ1n) is 14.7. The summed E-state index contributed by atoms with van der Waals surface area (Å²) < 4.78 is 41.0. The Morgan fingerprint density at radius 1 is 1.00 bits per heavy atom. The number of likely N-dealkylation sites (tertiary alicyclic amines) is 1. The summed E-state index contributed by atoms with van der Waals surface area (Å²) in [5.41, 5.74) is 7.39. The summed E-state index contributed by atoms with van der Waals surface area (Å²) in [5, 5.41) is 16.0. The lowest BCUT2D eigenvalue weighted by Crippen LogP contribution is -2.43. The van der Waals surface area contributed by atoms with E-state index in [0.717, 1.165) is 36.7 Å². The summed E-state index contributed by atoms with van der Waals surface area (Å²) in [5.74, 6) is 0.375. The molecule has 1 fully saturated rings. The van der Waals surface area contributed by atoms with Gasteiger partial charge in [0, 0.05) is 31.5 Å². The largest absolute Gasteiger partial charge is 0.490 e. The van der Waals surface area contributed by atoms with Crippen LogP contribution in [0.2, 0.25) is 0 Å². The second-order valence-electron chi connectivity index (χ2n) is 10.8. The lowest BCUT2D eigenvalue weighted by atomic mass is 10.0. The van der Waals surface area contributed by atoms with Gasteiger partial charge in [0.1, 0.15) is 17.7 Å². The van der Waals surface area contributed by atoms with Crippen LogP contribution < -0.4 is 14.8 Å². The molecule has 10 nitrogen and oxygen atoms in total. The molecule has 4 rings (SSSR count). The molecule has 0 spiro atoms. The number of anilines is 1. The number of carbonyl (C=O) groups excluding carboxylic acids is 1. The smallest absolute Gasteiger partial charge is 0.326 e. The fourth-order valence-corrected chi connectivity index (χ4v) is 7.18. The Bertz CT molecular complexity index is 1580. The van der Waals surface area contributed by atoms with Crippen LogP contribution in [0.15, 0.2) is 60.7 Å². The standard InChI is InChI=1S/C32H41N5O5S.2ClH/c1-4-6-30(32(38)41-5-2)43(39,40)37(21-23-7-8-24-9-10-25(31(34)35)20-26(24)19-23)27-11-13-28(14-12-27)42-29-15-17-36(18-16-29)22(3)33;;/h7-14,19-20,29-30,33H,4-6,15-18,21H2,1-3H3,(H3,34,35);2*1H.